The summed E-state index contributed by atoms with van der Waals surface area (Å²) in [4.78, 5) is 10.4. The van der Waals surface area contributed by atoms with Crippen LogP contribution in [0.25, 0.3) is 0 Å². The summed E-state index contributed by atoms with van der Waals surface area (Å²) in [7, 11) is 4.03. The van der Waals surface area contributed by atoms with E-state index in [0.29, 0.717) is 0 Å². The van der Waals surface area contributed by atoms with Gasteiger partial charge in [-0.25, -0.2) is 0 Å². The SMILES string of the molecule is CN(C)c1ccc(N=Nc2ccccc2)cc1.O=CO. The molecule has 0 aliphatic heterocycles. The zero-order valence-electron chi connectivity index (χ0n) is 11.5. The monoisotopic (exact) mass is 271 g/mol. The van der Waals surface area contributed by atoms with E-state index in [-0.39, 0.29) is 6.47 Å². The first-order chi connectivity index (χ1) is 9.67. The van der Waals surface area contributed by atoms with Crippen LogP contribution >= 0.6 is 0 Å². The minimum Gasteiger partial charge on any atom is -0.483 e. The zero-order valence-corrected chi connectivity index (χ0v) is 11.5. The van der Waals surface area contributed by atoms with E-state index in [1.54, 1.807) is 0 Å². The molecule has 0 amide bonds. The molecule has 20 heavy (non-hydrogen) atoms. The number of hydrogen-bond acceptors (Lipinski definition) is 4. The molecule has 2 rings (SSSR count). The van der Waals surface area contributed by atoms with Crippen molar-refractivity contribution in [2.45, 2.75) is 0 Å². The first kappa shape index (κ1) is 15.4. The molecule has 0 aliphatic rings. The number of benzene rings is 2. The van der Waals surface area contributed by atoms with E-state index in [1.807, 2.05) is 68.7 Å². The highest BCUT2D eigenvalue weighted by molar-refractivity contribution is 5.51. The summed E-state index contributed by atoms with van der Waals surface area (Å²) in [5, 5.41) is 15.2. The Labute approximate surface area is 118 Å². The molecule has 2 aromatic rings. The van der Waals surface area contributed by atoms with Crippen LogP contribution in [0.1, 0.15) is 0 Å². The molecule has 0 aromatic heterocycles. The Kier molecular flexibility index (Phi) is 6.47. The molecule has 0 saturated carbocycles. The highest BCUT2D eigenvalue weighted by atomic mass is 16.3. The van der Waals surface area contributed by atoms with Crippen molar-refractivity contribution in [2.75, 3.05) is 19.0 Å². The standard InChI is InChI=1S/C14H15N3.CH2O2/c1-17(2)14-10-8-13(9-11-14)16-15-12-6-4-3-5-7-12;2-1-3/h3-11H,1-2H3;1H,(H,2,3). The Morgan fingerprint density at radius 2 is 1.35 bits per heavy atom. The summed E-state index contributed by atoms with van der Waals surface area (Å²) in [5.41, 5.74) is 2.88. The maximum Gasteiger partial charge on any atom is 0.290 e. The number of hydrogen-bond donors (Lipinski definition) is 1. The molecule has 5 nitrogen and oxygen atoms in total. The van der Waals surface area contributed by atoms with E-state index in [9.17, 15) is 0 Å². The normalized spacial score (nSPS) is 9.70. The van der Waals surface area contributed by atoms with Crippen LogP contribution in [0.3, 0.4) is 0 Å². The summed E-state index contributed by atoms with van der Waals surface area (Å²) in [6, 6.07) is 17.7. The Morgan fingerprint density at radius 3 is 1.80 bits per heavy atom. The second-order valence-electron chi connectivity index (χ2n) is 4.05. The van der Waals surface area contributed by atoms with Gasteiger partial charge in [0, 0.05) is 19.8 Å². The van der Waals surface area contributed by atoms with E-state index in [1.165, 1.54) is 0 Å². The van der Waals surface area contributed by atoms with Gasteiger partial charge in [-0.3, -0.25) is 4.79 Å². The van der Waals surface area contributed by atoms with E-state index < -0.39 is 0 Å². The average Bonchev–Trinajstić information content (AvgIpc) is 2.47. The summed E-state index contributed by atoms with van der Waals surface area (Å²) < 4.78 is 0. The molecule has 104 valence electrons. The Balaban J connectivity index is 0.000000612. The number of nitrogens with zero attached hydrogens (tertiary/aromatic N) is 3. The molecule has 0 radical (unpaired) electrons. The summed E-state index contributed by atoms with van der Waals surface area (Å²) >= 11 is 0. The number of rotatable bonds is 3. The maximum atomic E-state index is 8.36. The molecule has 2 aromatic carbocycles. The second-order valence-corrected chi connectivity index (χ2v) is 4.05. The molecule has 0 fully saturated rings. The fourth-order valence-electron chi connectivity index (χ4n) is 1.43. The van der Waals surface area contributed by atoms with Crippen LogP contribution in [0, 0.1) is 0 Å². The third-order valence-electron chi connectivity index (χ3n) is 2.40. The van der Waals surface area contributed by atoms with Crippen molar-refractivity contribution in [3.05, 3.63) is 54.6 Å². The molecule has 5 heteroatoms. The summed E-state index contributed by atoms with van der Waals surface area (Å²) in [6.07, 6.45) is 0. The van der Waals surface area contributed by atoms with Gasteiger partial charge >= 0.3 is 0 Å². The molecule has 0 aliphatic carbocycles. The number of azo groups is 1. The van der Waals surface area contributed by atoms with Crippen molar-refractivity contribution in [3.63, 3.8) is 0 Å². The average molecular weight is 271 g/mol. The van der Waals surface area contributed by atoms with Crippen LogP contribution in [-0.4, -0.2) is 25.7 Å². The van der Waals surface area contributed by atoms with Crippen LogP contribution in [0.2, 0.25) is 0 Å². The van der Waals surface area contributed by atoms with Gasteiger partial charge in [0.2, 0.25) is 0 Å². The van der Waals surface area contributed by atoms with Gasteiger partial charge in [0.05, 0.1) is 11.4 Å². The van der Waals surface area contributed by atoms with Crippen molar-refractivity contribution < 1.29 is 9.90 Å². The quantitative estimate of drug-likeness (QED) is 0.680. The van der Waals surface area contributed by atoms with Crippen LogP contribution in [0.15, 0.2) is 64.8 Å². The highest BCUT2D eigenvalue weighted by Crippen LogP contribution is 2.20. The van der Waals surface area contributed by atoms with Crippen molar-refractivity contribution in [3.8, 4) is 0 Å². The first-order valence-corrected chi connectivity index (χ1v) is 5.99. The van der Waals surface area contributed by atoms with Crippen molar-refractivity contribution >= 4 is 23.5 Å². The number of carbonyl (C=O) groups is 1. The maximum absolute atomic E-state index is 8.36. The van der Waals surface area contributed by atoms with Gasteiger partial charge in [-0.05, 0) is 36.4 Å². The lowest BCUT2D eigenvalue weighted by Gasteiger charge is -2.11. The molecule has 0 heterocycles. The van der Waals surface area contributed by atoms with Gasteiger partial charge in [-0.2, -0.15) is 10.2 Å². The zero-order chi connectivity index (χ0) is 14.8. The minimum absolute atomic E-state index is 0.250. The van der Waals surface area contributed by atoms with Crippen LogP contribution in [0.4, 0.5) is 17.1 Å². The molecule has 0 unspecified atom stereocenters. The molecule has 1 N–H and O–H groups in total. The Hall–Kier alpha value is -2.69. The highest BCUT2D eigenvalue weighted by Gasteiger charge is 1.94. The predicted octanol–water partition coefficient (Wildman–Crippen LogP) is 3.87. The number of anilines is 1. The molecule has 0 saturated heterocycles. The lowest BCUT2D eigenvalue weighted by atomic mass is 10.3. The Morgan fingerprint density at radius 1 is 0.900 bits per heavy atom. The van der Waals surface area contributed by atoms with Crippen LogP contribution in [0.5, 0.6) is 0 Å². The van der Waals surface area contributed by atoms with Crippen LogP contribution < -0.4 is 4.90 Å². The lowest BCUT2D eigenvalue weighted by Crippen LogP contribution is -2.07. The van der Waals surface area contributed by atoms with Gasteiger partial charge in [0.25, 0.3) is 6.47 Å². The minimum atomic E-state index is -0.250. The van der Waals surface area contributed by atoms with E-state index in [2.05, 4.69) is 15.1 Å². The van der Waals surface area contributed by atoms with Crippen LogP contribution in [-0.2, 0) is 4.79 Å². The smallest absolute Gasteiger partial charge is 0.290 e. The summed E-state index contributed by atoms with van der Waals surface area (Å²) in [5.74, 6) is 0. The van der Waals surface area contributed by atoms with Gasteiger partial charge in [-0.1, -0.05) is 18.2 Å². The van der Waals surface area contributed by atoms with Gasteiger partial charge < -0.3 is 10.0 Å². The number of carboxylic acid groups (broad SMARTS) is 1. The third kappa shape index (κ3) is 5.30. The van der Waals surface area contributed by atoms with E-state index in [0.717, 1.165) is 17.1 Å². The largest absolute Gasteiger partial charge is 0.483 e. The van der Waals surface area contributed by atoms with Crippen molar-refractivity contribution in [2.24, 2.45) is 10.2 Å². The summed E-state index contributed by atoms with van der Waals surface area (Å²) in [6.45, 7) is -0.250. The molecule has 0 atom stereocenters. The van der Waals surface area contributed by atoms with E-state index in [4.69, 9.17) is 9.90 Å². The molecular formula is C15H17N3O2. The molecule has 0 spiro atoms. The van der Waals surface area contributed by atoms with Crippen molar-refractivity contribution in [1.82, 2.24) is 0 Å². The Bertz CT molecular complexity index is 537. The van der Waals surface area contributed by atoms with Gasteiger partial charge in [0.1, 0.15) is 0 Å². The predicted molar refractivity (Wildman–Crippen MR) is 80.1 cm³/mol. The topological polar surface area (TPSA) is 65.3 Å². The fraction of sp³-hybridized carbons (Fsp3) is 0.133. The van der Waals surface area contributed by atoms with Crippen molar-refractivity contribution in [1.29, 1.82) is 0 Å². The third-order valence-corrected chi connectivity index (χ3v) is 2.40. The second kappa shape index (κ2) is 8.42. The van der Waals surface area contributed by atoms with Gasteiger partial charge in [0.15, 0.2) is 0 Å². The molecule has 0 bridgehead atoms. The van der Waals surface area contributed by atoms with E-state index >= 15 is 0 Å². The lowest BCUT2D eigenvalue weighted by molar-refractivity contribution is -0.122. The first-order valence-electron chi connectivity index (χ1n) is 5.99. The van der Waals surface area contributed by atoms with Gasteiger partial charge in [-0.15, -0.1) is 0 Å². The fourth-order valence-corrected chi connectivity index (χ4v) is 1.43. The molecular weight excluding hydrogens is 254 g/mol.